The number of carbonyl (C=O) groups is 2. The summed E-state index contributed by atoms with van der Waals surface area (Å²) >= 11 is 0. The third-order valence-corrected chi connectivity index (χ3v) is 5.94. The molecule has 5 heteroatoms. The van der Waals surface area contributed by atoms with Gasteiger partial charge in [0.1, 0.15) is 0 Å². The summed E-state index contributed by atoms with van der Waals surface area (Å²) in [5, 5.41) is 3.07. The van der Waals surface area contributed by atoms with Gasteiger partial charge in [-0.2, -0.15) is 0 Å². The van der Waals surface area contributed by atoms with Crippen LogP contribution in [-0.2, 0) is 9.59 Å². The zero-order chi connectivity index (χ0) is 20.8. The van der Waals surface area contributed by atoms with Crippen molar-refractivity contribution in [3.8, 4) is 0 Å². The highest BCUT2D eigenvalue weighted by Crippen LogP contribution is 2.24. The van der Waals surface area contributed by atoms with Gasteiger partial charge in [0.2, 0.25) is 11.8 Å². The topological polar surface area (TPSA) is 52.7 Å². The molecule has 1 N–H and O–H groups in total. The average molecular weight is 404 g/mol. The third-order valence-electron chi connectivity index (χ3n) is 5.94. The average Bonchev–Trinajstić information content (AvgIpc) is 3.46. The van der Waals surface area contributed by atoms with Gasteiger partial charge in [0.15, 0.2) is 0 Å². The molecule has 2 heterocycles. The molecule has 156 valence electrons. The third kappa shape index (κ3) is 4.97. The monoisotopic (exact) mass is 403 g/mol. The SMILES string of the molecule is O=C(/C=C/c1ccc(N2CCCC2=O)cc1)NC[C@H](c1ccccc1)N1CCCC1. The number of hydrogen-bond acceptors (Lipinski definition) is 3. The Morgan fingerprint density at radius 2 is 1.70 bits per heavy atom. The fourth-order valence-electron chi connectivity index (χ4n) is 4.30. The molecule has 0 saturated carbocycles. The van der Waals surface area contributed by atoms with Crippen LogP contribution in [0.25, 0.3) is 6.08 Å². The smallest absolute Gasteiger partial charge is 0.244 e. The van der Waals surface area contributed by atoms with Gasteiger partial charge in [0.05, 0.1) is 6.04 Å². The number of nitrogens with one attached hydrogen (secondary N) is 1. The summed E-state index contributed by atoms with van der Waals surface area (Å²) in [6, 6.07) is 18.4. The Kier molecular flexibility index (Phi) is 6.60. The molecule has 4 rings (SSSR count). The van der Waals surface area contributed by atoms with E-state index >= 15 is 0 Å². The van der Waals surface area contributed by atoms with Crippen LogP contribution in [0.3, 0.4) is 0 Å². The molecule has 2 aliphatic rings. The Labute approximate surface area is 178 Å². The number of rotatable bonds is 7. The Balaban J connectivity index is 1.34. The van der Waals surface area contributed by atoms with Crippen LogP contribution < -0.4 is 10.2 Å². The molecule has 0 bridgehead atoms. The standard InChI is InChI=1S/C25H29N3O2/c29-24(15-12-20-10-13-22(14-11-20)28-18-6-9-25(28)30)26-19-23(27-16-4-5-17-27)21-7-2-1-3-8-21/h1-3,7-8,10-15,23H,4-6,9,16-19H2,(H,26,29)/b15-12+/t23-/m1/s1. The van der Waals surface area contributed by atoms with Crippen molar-refractivity contribution >= 4 is 23.6 Å². The molecule has 2 fully saturated rings. The quantitative estimate of drug-likeness (QED) is 0.716. The van der Waals surface area contributed by atoms with Crippen molar-refractivity contribution in [2.24, 2.45) is 0 Å². The van der Waals surface area contributed by atoms with Crippen molar-refractivity contribution in [1.29, 1.82) is 0 Å². The molecule has 0 aromatic heterocycles. The van der Waals surface area contributed by atoms with Gasteiger partial charge < -0.3 is 10.2 Å². The van der Waals surface area contributed by atoms with Gasteiger partial charge in [-0.3, -0.25) is 14.5 Å². The lowest BCUT2D eigenvalue weighted by Gasteiger charge is -2.28. The lowest BCUT2D eigenvalue weighted by molar-refractivity contribution is -0.117. The maximum atomic E-state index is 12.4. The first-order valence-corrected chi connectivity index (χ1v) is 10.9. The Bertz CT molecular complexity index is 886. The van der Waals surface area contributed by atoms with Crippen LogP contribution in [0, 0.1) is 0 Å². The number of likely N-dealkylation sites (tertiary alicyclic amines) is 1. The highest BCUT2D eigenvalue weighted by atomic mass is 16.2. The van der Waals surface area contributed by atoms with E-state index in [1.54, 1.807) is 6.08 Å². The van der Waals surface area contributed by atoms with Crippen LogP contribution in [0.4, 0.5) is 5.69 Å². The lowest BCUT2D eigenvalue weighted by Crippen LogP contribution is -2.36. The minimum absolute atomic E-state index is 0.0890. The van der Waals surface area contributed by atoms with Crippen molar-refractivity contribution < 1.29 is 9.59 Å². The predicted molar refractivity (Wildman–Crippen MR) is 120 cm³/mol. The van der Waals surface area contributed by atoms with Crippen LogP contribution in [0.1, 0.15) is 42.9 Å². The molecule has 0 aliphatic carbocycles. The second-order valence-electron chi connectivity index (χ2n) is 7.99. The van der Waals surface area contributed by atoms with E-state index in [4.69, 9.17) is 0 Å². The molecule has 1 atom stereocenters. The van der Waals surface area contributed by atoms with Crippen LogP contribution in [-0.4, -0.2) is 42.9 Å². The van der Waals surface area contributed by atoms with Gasteiger partial charge in [0.25, 0.3) is 0 Å². The van der Waals surface area contributed by atoms with E-state index in [2.05, 4.69) is 34.5 Å². The number of amides is 2. The molecule has 5 nitrogen and oxygen atoms in total. The zero-order valence-corrected chi connectivity index (χ0v) is 17.3. The van der Waals surface area contributed by atoms with E-state index in [0.717, 1.165) is 37.3 Å². The first kappa shape index (κ1) is 20.4. The van der Waals surface area contributed by atoms with Crippen LogP contribution in [0.5, 0.6) is 0 Å². The second-order valence-corrected chi connectivity index (χ2v) is 7.99. The molecule has 2 aromatic carbocycles. The predicted octanol–water partition coefficient (Wildman–Crippen LogP) is 3.78. The van der Waals surface area contributed by atoms with E-state index in [-0.39, 0.29) is 17.9 Å². The number of carbonyl (C=O) groups excluding carboxylic acids is 2. The van der Waals surface area contributed by atoms with Crippen molar-refractivity contribution in [1.82, 2.24) is 10.2 Å². The molecule has 2 saturated heterocycles. The molecule has 0 unspecified atom stereocenters. The van der Waals surface area contributed by atoms with Crippen molar-refractivity contribution in [3.05, 3.63) is 71.8 Å². The van der Waals surface area contributed by atoms with Crippen LogP contribution in [0.15, 0.2) is 60.7 Å². The van der Waals surface area contributed by atoms with E-state index in [0.29, 0.717) is 13.0 Å². The van der Waals surface area contributed by atoms with E-state index in [1.165, 1.54) is 18.4 Å². The van der Waals surface area contributed by atoms with Gasteiger partial charge in [-0.25, -0.2) is 0 Å². The van der Waals surface area contributed by atoms with E-state index < -0.39 is 0 Å². The van der Waals surface area contributed by atoms with Crippen molar-refractivity contribution in [2.75, 3.05) is 31.1 Å². The fraction of sp³-hybridized carbons (Fsp3) is 0.360. The Hall–Kier alpha value is -2.92. The van der Waals surface area contributed by atoms with Gasteiger partial charge in [-0.1, -0.05) is 42.5 Å². The zero-order valence-electron chi connectivity index (χ0n) is 17.3. The number of anilines is 1. The summed E-state index contributed by atoms with van der Waals surface area (Å²) in [6.45, 7) is 3.55. The molecular formula is C25H29N3O2. The highest BCUT2D eigenvalue weighted by Gasteiger charge is 2.23. The number of hydrogen-bond donors (Lipinski definition) is 1. The van der Waals surface area contributed by atoms with Crippen molar-refractivity contribution in [3.63, 3.8) is 0 Å². The summed E-state index contributed by atoms with van der Waals surface area (Å²) in [4.78, 5) is 28.5. The first-order valence-electron chi connectivity index (χ1n) is 10.9. The summed E-state index contributed by atoms with van der Waals surface area (Å²) in [7, 11) is 0. The minimum Gasteiger partial charge on any atom is -0.351 e. The molecular weight excluding hydrogens is 374 g/mol. The fourth-order valence-corrected chi connectivity index (χ4v) is 4.30. The number of nitrogens with zero attached hydrogens (tertiary/aromatic N) is 2. The van der Waals surface area contributed by atoms with Crippen molar-refractivity contribution in [2.45, 2.75) is 31.7 Å². The molecule has 2 aliphatic heterocycles. The van der Waals surface area contributed by atoms with E-state index in [9.17, 15) is 9.59 Å². The molecule has 2 amide bonds. The highest BCUT2D eigenvalue weighted by molar-refractivity contribution is 5.95. The Morgan fingerprint density at radius 3 is 2.37 bits per heavy atom. The molecule has 0 radical (unpaired) electrons. The summed E-state index contributed by atoms with van der Waals surface area (Å²) < 4.78 is 0. The van der Waals surface area contributed by atoms with E-state index in [1.807, 2.05) is 41.3 Å². The summed E-state index contributed by atoms with van der Waals surface area (Å²) in [5.41, 5.74) is 3.12. The maximum Gasteiger partial charge on any atom is 0.244 e. The summed E-state index contributed by atoms with van der Waals surface area (Å²) in [5.74, 6) is 0.0950. The number of benzene rings is 2. The molecule has 0 spiro atoms. The van der Waals surface area contributed by atoms with Gasteiger partial charge in [-0.15, -0.1) is 0 Å². The lowest BCUT2D eigenvalue weighted by atomic mass is 10.1. The van der Waals surface area contributed by atoms with Gasteiger partial charge in [-0.05, 0) is 61.7 Å². The van der Waals surface area contributed by atoms with Gasteiger partial charge in [0, 0.05) is 31.3 Å². The van der Waals surface area contributed by atoms with Crippen LogP contribution in [0.2, 0.25) is 0 Å². The van der Waals surface area contributed by atoms with Crippen LogP contribution >= 0.6 is 0 Å². The first-order chi connectivity index (χ1) is 14.7. The minimum atomic E-state index is -0.0890. The molecule has 30 heavy (non-hydrogen) atoms. The second kappa shape index (κ2) is 9.72. The molecule has 2 aromatic rings. The Morgan fingerprint density at radius 1 is 0.967 bits per heavy atom. The normalized spacial score (nSPS) is 18.3. The summed E-state index contributed by atoms with van der Waals surface area (Å²) in [6.07, 6.45) is 7.39. The van der Waals surface area contributed by atoms with Gasteiger partial charge >= 0.3 is 0 Å². The largest absolute Gasteiger partial charge is 0.351 e. The maximum absolute atomic E-state index is 12.4.